The smallest absolute Gasteiger partial charge is 0.348 e. The van der Waals surface area contributed by atoms with E-state index in [-0.39, 0.29) is 18.6 Å². The molecule has 3 rings (SSSR count). The Hall–Kier alpha value is -2.67. The van der Waals surface area contributed by atoms with Crippen molar-refractivity contribution in [3.05, 3.63) is 51.2 Å². The molecule has 2 N–H and O–H groups in total. The summed E-state index contributed by atoms with van der Waals surface area (Å²) in [5.41, 5.74) is 2.03. The van der Waals surface area contributed by atoms with Crippen molar-refractivity contribution in [2.75, 3.05) is 11.9 Å². The highest BCUT2D eigenvalue weighted by atomic mass is 32.1. The van der Waals surface area contributed by atoms with Crippen LogP contribution in [0.5, 0.6) is 0 Å². The van der Waals surface area contributed by atoms with Gasteiger partial charge in [0, 0.05) is 22.2 Å². The summed E-state index contributed by atoms with van der Waals surface area (Å²) in [5.74, 6) is -1.11. The van der Waals surface area contributed by atoms with Gasteiger partial charge in [-0.05, 0) is 56.0 Å². The Morgan fingerprint density at radius 3 is 2.67 bits per heavy atom. The highest BCUT2D eigenvalue weighted by Crippen LogP contribution is 2.23. The summed E-state index contributed by atoms with van der Waals surface area (Å²) in [6.07, 6.45) is 2.88. The average molecular weight is 386 g/mol. The summed E-state index contributed by atoms with van der Waals surface area (Å²) in [6.45, 7) is 3.60. The van der Waals surface area contributed by atoms with Crippen molar-refractivity contribution in [1.82, 2.24) is 5.32 Å². The summed E-state index contributed by atoms with van der Waals surface area (Å²) in [5, 5.41) is 5.55. The van der Waals surface area contributed by atoms with Crippen LogP contribution in [0.15, 0.2) is 30.3 Å². The minimum Gasteiger partial charge on any atom is -0.451 e. The molecule has 2 amide bonds. The van der Waals surface area contributed by atoms with Crippen molar-refractivity contribution < 1.29 is 19.1 Å². The van der Waals surface area contributed by atoms with Crippen molar-refractivity contribution in [3.63, 3.8) is 0 Å². The number of ether oxygens (including phenoxy) is 1. The van der Waals surface area contributed by atoms with Crippen molar-refractivity contribution in [3.8, 4) is 0 Å². The van der Waals surface area contributed by atoms with E-state index in [1.54, 1.807) is 30.3 Å². The first-order valence-corrected chi connectivity index (χ1v) is 9.75. The number of thiophene rings is 1. The fourth-order valence-corrected chi connectivity index (χ4v) is 3.61. The second-order valence-electron chi connectivity index (χ2n) is 6.52. The topological polar surface area (TPSA) is 84.5 Å². The minimum absolute atomic E-state index is 0.153. The SMILES string of the molecule is CCc1sc(C(=O)OCC(=O)Nc2cccc(C(=O)NC3CC3)c2)cc1C. The van der Waals surface area contributed by atoms with Gasteiger partial charge in [-0.2, -0.15) is 0 Å². The number of hydrogen-bond donors (Lipinski definition) is 2. The molecule has 0 aliphatic heterocycles. The summed E-state index contributed by atoms with van der Waals surface area (Å²) in [6, 6.07) is 8.73. The summed E-state index contributed by atoms with van der Waals surface area (Å²) >= 11 is 1.39. The molecule has 0 atom stereocenters. The van der Waals surface area contributed by atoms with E-state index < -0.39 is 11.9 Å². The molecule has 2 aromatic rings. The lowest BCUT2D eigenvalue weighted by atomic mass is 10.2. The van der Waals surface area contributed by atoms with Crippen LogP contribution in [-0.2, 0) is 16.0 Å². The van der Waals surface area contributed by atoms with Gasteiger partial charge in [0.1, 0.15) is 4.88 Å². The monoisotopic (exact) mass is 386 g/mol. The number of amides is 2. The minimum atomic E-state index is -0.504. The van der Waals surface area contributed by atoms with Gasteiger partial charge in [-0.25, -0.2) is 4.79 Å². The molecular weight excluding hydrogens is 364 g/mol. The lowest BCUT2D eigenvalue weighted by Crippen LogP contribution is -2.25. The van der Waals surface area contributed by atoms with Crippen LogP contribution in [0.3, 0.4) is 0 Å². The van der Waals surface area contributed by atoms with Crippen LogP contribution in [0.25, 0.3) is 0 Å². The van der Waals surface area contributed by atoms with Crippen LogP contribution in [0.2, 0.25) is 0 Å². The molecule has 0 unspecified atom stereocenters. The van der Waals surface area contributed by atoms with E-state index in [0.717, 1.165) is 29.7 Å². The molecule has 0 spiro atoms. The standard InChI is InChI=1S/C20H22N2O4S/c1-3-16-12(2)9-17(27-16)20(25)26-11-18(23)21-15-6-4-5-13(10-15)19(24)22-14-7-8-14/h4-6,9-10,14H,3,7-8,11H2,1-2H3,(H,21,23)(H,22,24). The van der Waals surface area contributed by atoms with Gasteiger partial charge in [0.05, 0.1) is 0 Å². The highest BCUT2D eigenvalue weighted by Gasteiger charge is 2.23. The maximum Gasteiger partial charge on any atom is 0.348 e. The third-order valence-corrected chi connectivity index (χ3v) is 5.56. The van der Waals surface area contributed by atoms with E-state index in [1.165, 1.54) is 11.3 Å². The number of rotatable bonds is 7. The molecule has 1 aromatic carbocycles. The molecule has 0 saturated heterocycles. The molecule has 0 radical (unpaired) electrons. The Balaban J connectivity index is 1.52. The molecule has 1 saturated carbocycles. The van der Waals surface area contributed by atoms with Gasteiger partial charge in [0.2, 0.25) is 0 Å². The molecule has 0 bridgehead atoms. The molecule has 1 aliphatic rings. The summed E-state index contributed by atoms with van der Waals surface area (Å²) < 4.78 is 5.09. The van der Waals surface area contributed by atoms with Crippen molar-refractivity contribution >= 4 is 34.8 Å². The number of carbonyl (C=O) groups excluding carboxylic acids is 3. The second-order valence-corrected chi connectivity index (χ2v) is 7.66. The van der Waals surface area contributed by atoms with E-state index in [4.69, 9.17) is 4.74 Å². The summed E-state index contributed by atoms with van der Waals surface area (Å²) in [7, 11) is 0. The average Bonchev–Trinajstić information content (AvgIpc) is 3.39. The lowest BCUT2D eigenvalue weighted by molar-refractivity contribution is -0.119. The molecular formula is C20H22N2O4S. The number of benzene rings is 1. The first-order chi connectivity index (χ1) is 13.0. The zero-order valence-electron chi connectivity index (χ0n) is 15.3. The number of hydrogen-bond acceptors (Lipinski definition) is 5. The van der Waals surface area contributed by atoms with Gasteiger partial charge >= 0.3 is 5.97 Å². The normalized spacial score (nSPS) is 13.1. The first kappa shape index (κ1) is 19.1. The molecule has 1 aliphatic carbocycles. The Morgan fingerprint density at radius 1 is 1.22 bits per heavy atom. The molecule has 1 aromatic heterocycles. The van der Waals surface area contributed by atoms with E-state index in [0.29, 0.717) is 16.1 Å². The van der Waals surface area contributed by atoms with E-state index >= 15 is 0 Å². The fraction of sp³-hybridized carbons (Fsp3) is 0.350. The molecule has 6 nitrogen and oxygen atoms in total. The van der Waals surface area contributed by atoms with Gasteiger partial charge in [0.25, 0.3) is 11.8 Å². The molecule has 142 valence electrons. The van der Waals surface area contributed by atoms with E-state index in [9.17, 15) is 14.4 Å². The van der Waals surface area contributed by atoms with Crippen molar-refractivity contribution in [2.24, 2.45) is 0 Å². The predicted molar refractivity (Wildman–Crippen MR) is 104 cm³/mol. The van der Waals surface area contributed by atoms with Gasteiger partial charge < -0.3 is 15.4 Å². The first-order valence-electron chi connectivity index (χ1n) is 8.93. The van der Waals surface area contributed by atoms with Crippen molar-refractivity contribution in [1.29, 1.82) is 0 Å². The molecule has 1 fully saturated rings. The van der Waals surface area contributed by atoms with Gasteiger partial charge in [-0.3, -0.25) is 9.59 Å². The zero-order chi connectivity index (χ0) is 19.4. The third-order valence-electron chi connectivity index (χ3n) is 4.20. The quantitative estimate of drug-likeness (QED) is 0.715. The van der Waals surface area contributed by atoms with Crippen LogP contribution < -0.4 is 10.6 Å². The van der Waals surface area contributed by atoms with Gasteiger partial charge in [-0.1, -0.05) is 13.0 Å². The van der Waals surface area contributed by atoms with Crippen LogP contribution in [0.1, 0.15) is 50.2 Å². The Kier molecular flexibility index (Phi) is 5.91. The molecule has 1 heterocycles. The Labute approximate surface area is 161 Å². The Bertz CT molecular complexity index is 871. The Morgan fingerprint density at radius 2 is 2.00 bits per heavy atom. The van der Waals surface area contributed by atoms with Gasteiger partial charge in [-0.15, -0.1) is 11.3 Å². The maximum atomic E-state index is 12.1. The zero-order valence-corrected chi connectivity index (χ0v) is 16.2. The number of aryl methyl sites for hydroxylation is 2. The lowest BCUT2D eigenvalue weighted by Gasteiger charge is -2.08. The third kappa shape index (κ3) is 5.17. The number of nitrogens with one attached hydrogen (secondary N) is 2. The molecule has 27 heavy (non-hydrogen) atoms. The van der Waals surface area contributed by atoms with Crippen LogP contribution >= 0.6 is 11.3 Å². The van der Waals surface area contributed by atoms with Gasteiger partial charge in [0.15, 0.2) is 6.61 Å². The highest BCUT2D eigenvalue weighted by molar-refractivity contribution is 7.14. The van der Waals surface area contributed by atoms with Crippen LogP contribution in [0, 0.1) is 6.92 Å². The fourth-order valence-electron chi connectivity index (χ4n) is 2.61. The van der Waals surface area contributed by atoms with Crippen LogP contribution in [-0.4, -0.2) is 30.4 Å². The number of anilines is 1. The summed E-state index contributed by atoms with van der Waals surface area (Å²) in [4.78, 5) is 37.8. The van der Waals surface area contributed by atoms with Crippen LogP contribution in [0.4, 0.5) is 5.69 Å². The number of carbonyl (C=O) groups is 3. The van der Waals surface area contributed by atoms with Crippen molar-refractivity contribution in [2.45, 2.75) is 39.2 Å². The predicted octanol–water partition coefficient (Wildman–Crippen LogP) is 3.31. The maximum absolute atomic E-state index is 12.1. The second kappa shape index (κ2) is 8.35. The molecule has 7 heteroatoms. The van der Waals surface area contributed by atoms with E-state index in [1.807, 2.05) is 13.8 Å². The largest absolute Gasteiger partial charge is 0.451 e. The van der Waals surface area contributed by atoms with E-state index in [2.05, 4.69) is 10.6 Å². The number of esters is 1.